The van der Waals surface area contributed by atoms with E-state index >= 15 is 0 Å². The van der Waals surface area contributed by atoms with Crippen molar-refractivity contribution in [3.05, 3.63) is 42.2 Å². The second-order valence-electron chi connectivity index (χ2n) is 6.07. The topological polar surface area (TPSA) is 101 Å². The smallest absolute Gasteiger partial charge is 0.218 e. The molecule has 0 spiro atoms. The van der Waals surface area contributed by atoms with Crippen LogP contribution in [0.2, 0.25) is 0 Å². The Hall–Kier alpha value is -3.27. The van der Waals surface area contributed by atoms with Crippen molar-refractivity contribution in [3.63, 3.8) is 0 Å². The highest BCUT2D eigenvalue weighted by molar-refractivity contribution is 7.99. The Labute approximate surface area is 177 Å². The van der Waals surface area contributed by atoms with E-state index in [2.05, 4.69) is 10.2 Å². The summed E-state index contributed by atoms with van der Waals surface area (Å²) in [6, 6.07) is 9.71. The number of ether oxygens (including phenoxy) is 3. The standard InChI is InChI=1S/C20H21FN4O4S/c1-27-15-10-12(11-16(28-2)18(15)29-3)19-23-24-20(30-9-8-17(22)26)25(19)14-7-5-4-6-13(14)21/h4-7,10-11H,8-9H2,1-3H3,(H2,22,26). The third-order valence-electron chi connectivity index (χ3n) is 4.23. The molecule has 3 rings (SSSR count). The molecule has 1 heterocycles. The molecule has 0 radical (unpaired) electrons. The highest BCUT2D eigenvalue weighted by Crippen LogP contribution is 2.41. The number of nitrogens with zero attached hydrogens (tertiary/aromatic N) is 3. The summed E-state index contributed by atoms with van der Waals surface area (Å²) in [6.07, 6.45) is 0.161. The maximum Gasteiger partial charge on any atom is 0.218 e. The number of carbonyl (C=O) groups is 1. The van der Waals surface area contributed by atoms with Gasteiger partial charge in [-0.25, -0.2) is 4.39 Å². The van der Waals surface area contributed by atoms with Crippen LogP contribution in [-0.4, -0.2) is 47.8 Å². The number of rotatable bonds is 9. The van der Waals surface area contributed by atoms with E-state index in [-0.39, 0.29) is 12.1 Å². The number of methoxy groups -OCH3 is 3. The Morgan fingerprint density at radius 3 is 2.33 bits per heavy atom. The fourth-order valence-corrected chi connectivity index (χ4v) is 3.75. The summed E-state index contributed by atoms with van der Waals surface area (Å²) in [5, 5.41) is 8.89. The van der Waals surface area contributed by atoms with Gasteiger partial charge in [-0.05, 0) is 24.3 Å². The number of aromatic nitrogens is 3. The van der Waals surface area contributed by atoms with Gasteiger partial charge in [-0.1, -0.05) is 23.9 Å². The van der Waals surface area contributed by atoms with Crippen LogP contribution in [0.15, 0.2) is 41.6 Å². The van der Waals surface area contributed by atoms with Gasteiger partial charge >= 0.3 is 0 Å². The zero-order valence-electron chi connectivity index (χ0n) is 16.7. The van der Waals surface area contributed by atoms with Crippen molar-refractivity contribution in [3.8, 4) is 34.3 Å². The van der Waals surface area contributed by atoms with Gasteiger partial charge in [-0.2, -0.15) is 0 Å². The molecule has 1 amide bonds. The molecule has 0 atom stereocenters. The summed E-state index contributed by atoms with van der Waals surface area (Å²) in [6.45, 7) is 0. The van der Waals surface area contributed by atoms with Crippen LogP contribution in [0.3, 0.4) is 0 Å². The van der Waals surface area contributed by atoms with Crippen LogP contribution in [-0.2, 0) is 4.79 Å². The number of hydrogen-bond acceptors (Lipinski definition) is 7. The van der Waals surface area contributed by atoms with Crippen LogP contribution in [0.4, 0.5) is 4.39 Å². The lowest BCUT2D eigenvalue weighted by atomic mass is 10.1. The van der Waals surface area contributed by atoms with E-state index in [1.54, 1.807) is 34.9 Å². The van der Waals surface area contributed by atoms with E-state index < -0.39 is 11.7 Å². The van der Waals surface area contributed by atoms with E-state index in [1.165, 1.54) is 39.2 Å². The van der Waals surface area contributed by atoms with Crippen LogP contribution < -0.4 is 19.9 Å². The van der Waals surface area contributed by atoms with Gasteiger partial charge in [-0.15, -0.1) is 10.2 Å². The summed E-state index contributed by atoms with van der Waals surface area (Å²) in [7, 11) is 4.52. The van der Waals surface area contributed by atoms with Crippen LogP contribution in [0, 0.1) is 5.82 Å². The highest BCUT2D eigenvalue weighted by Gasteiger charge is 2.22. The molecule has 1 aromatic heterocycles. The summed E-state index contributed by atoms with van der Waals surface area (Å²) >= 11 is 1.26. The Morgan fingerprint density at radius 2 is 1.77 bits per heavy atom. The fraction of sp³-hybridized carbons (Fsp3) is 0.250. The van der Waals surface area contributed by atoms with E-state index in [9.17, 15) is 9.18 Å². The van der Waals surface area contributed by atoms with Gasteiger partial charge < -0.3 is 19.9 Å². The van der Waals surface area contributed by atoms with Gasteiger partial charge in [0.1, 0.15) is 5.82 Å². The lowest BCUT2D eigenvalue weighted by molar-refractivity contribution is -0.117. The molecule has 158 valence electrons. The van der Waals surface area contributed by atoms with E-state index in [1.807, 2.05) is 0 Å². The lowest BCUT2D eigenvalue weighted by Gasteiger charge is -2.15. The molecule has 10 heteroatoms. The van der Waals surface area contributed by atoms with Crippen molar-refractivity contribution in [2.75, 3.05) is 27.1 Å². The predicted molar refractivity (Wildman–Crippen MR) is 111 cm³/mol. The van der Waals surface area contributed by atoms with Gasteiger partial charge in [0, 0.05) is 17.7 Å². The number of amides is 1. The molecular weight excluding hydrogens is 411 g/mol. The summed E-state index contributed by atoms with van der Waals surface area (Å²) in [5.41, 5.74) is 6.08. The molecule has 0 bridgehead atoms. The minimum absolute atomic E-state index is 0.161. The molecular formula is C20H21FN4O4S. The first-order valence-corrected chi connectivity index (χ1v) is 9.90. The Balaban J connectivity index is 2.17. The molecule has 2 N–H and O–H groups in total. The maximum absolute atomic E-state index is 14.7. The van der Waals surface area contributed by atoms with Crippen LogP contribution in [0.5, 0.6) is 17.2 Å². The van der Waals surface area contributed by atoms with Crippen molar-refractivity contribution in [2.45, 2.75) is 11.6 Å². The first-order valence-electron chi connectivity index (χ1n) is 8.92. The van der Waals surface area contributed by atoms with Gasteiger partial charge in [0.25, 0.3) is 0 Å². The van der Waals surface area contributed by atoms with Crippen molar-refractivity contribution in [2.24, 2.45) is 5.73 Å². The molecule has 0 aliphatic rings. The summed E-state index contributed by atoms with van der Waals surface area (Å²) in [5.74, 6) is 1.18. The van der Waals surface area contributed by atoms with Gasteiger partial charge in [0.2, 0.25) is 11.7 Å². The maximum atomic E-state index is 14.7. The zero-order chi connectivity index (χ0) is 21.7. The van der Waals surface area contributed by atoms with Gasteiger partial charge in [0.05, 0.1) is 27.0 Å². The van der Waals surface area contributed by atoms with Crippen LogP contribution >= 0.6 is 11.8 Å². The largest absolute Gasteiger partial charge is 0.493 e. The van der Waals surface area contributed by atoms with Crippen molar-refractivity contribution in [1.82, 2.24) is 14.8 Å². The third kappa shape index (κ3) is 4.33. The van der Waals surface area contributed by atoms with Crippen LogP contribution in [0.25, 0.3) is 17.1 Å². The average Bonchev–Trinajstić information content (AvgIpc) is 3.16. The van der Waals surface area contributed by atoms with Crippen molar-refractivity contribution < 1.29 is 23.4 Å². The molecule has 8 nitrogen and oxygen atoms in total. The van der Waals surface area contributed by atoms with E-state index in [4.69, 9.17) is 19.9 Å². The van der Waals surface area contributed by atoms with E-state index in [0.29, 0.717) is 39.5 Å². The number of para-hydroxylation sites is 1. The minimum Gasteiger partial charge on any atom is -0.493 e. The number of carbonyl (C=O) groups excluding carboxylic acids is 1. The number of hydrogen-bond donors (Lipinski definition) is 1. The molecule has 0 saturated carbocycles. The Morgan fingerprint density at radius 1 is 1.10 bits per heavy atom. The Bertz CT molecular complexity index is 1030. The molecule has 0 fully saturated rings. The number of thioether (sulfide) groups is 1. The molecule has 0 saturated heterocycles. The third-order valence-corrected chi connectivity index (χ3v) is 5.16. The molecule has 3 aromatic rings. The molecule has 30 heavy (non-hydrogen) atoms. The summed E-state index contributed by atoms with van der Waals surface area (Å²) < 4.78 is 32.4. The molecule has 2 aromatic carbocycles. The summed E-state index contributed by atoms with van der Waals surface area (Å²) in [4.78, 5) is 11.1. The monoisotopic (exact) mass is 432 g/mol. The second-order valence-corrected chi connectivity index (χ2v) is 7.13. The van der Waals surface area contributed by atoms with E-state index in [0.717, 1.165) is 0 Å². The second kappa shape index (κ2) is 9.49. The van der Waals surface area contributed by atoms with Crippen LogP contribution in [0.1, 0.15) is 6.42 Å². The normalized spacial score (nSPS) is 10.7. The number of primary amides is 1. The Kier molecular flexibility index (Phi) is 6.78. The number of nitrogens with two attached hydrogens (primary N) is 1. The first-order chi connectivity index (χ1) is 14.5. The fourth-order valence-electron chi connectivity index (χ4n) is 2.85. The molecule has 0 aliphatic heterocycles. The first kappa shape index (κ1) is 21.4. The lowest BCUT2D eigenvalue weighted by Crippen LogP contribution is -2.11. The minimum atomic E-state index is -0.442. The van der Waals surface area contributed by atoms with Crippen molar-refractivity contribution in [1.29, 1.82) is 0 Å². The number of halogens is 1. The average molecular weight is 432 g/mol. The zero-order valence-corrected chi connectivity index (χ0v) is 17.5. The SMILES string of the molecule is COc1cc(-c2nnc(SCCC(N)=O)n2-c2ccccc2F)cc(OC)c1OC. The highest BCUT2D eigenvalue weighted by atomic mass is 32.2. The molecule has 0 aliphatic carbocycles. The van der Waals surface area contributed by atoms with Gasteiger partial charge in [-0.3, -0.25) is 9.36 Å². The van der Waals surface area contributed by atoms with Crippen molar-refractivity contribution >= 4 is 17.7 Å². The number of benzene rings is 2. The van der Waals surface area contributed by atoms with Gasteiger partial charge in [0.15, 0.2) is 22.5 Å². The predicted octanol–water partition coefficient (Wildman–Crippen LogP) is 3.07. The quantitative estimate of drug-likeness (QED) is 0.519. The molecule has 0 unspecified atom stereocenters.